The Labute approximate surface area is 149 Å². The smallest absolute Gasteiger partial charge is 0.133 e. The number of aromatic nitrogens is 2. The third-order valence-electron chi connectivity index (χ3n) is 4.63. The lowest BCUT2D eigenvalue weighted by atomic mass is 10.1. The molecule has 0 amide bonds. The fourth-order valence-electron chi connectivity index (χ4n) is 3.09. The number of hydrogen-bond acceptors (Lipinski definition) is 3. The number of nitrogens with zero attached hydrogens (tertiary/aromatic N) is 3. The van der Waals surface area contributed by atoms with Crippen LogP contribution in [0.5, 0.6) is 5.75 Å². The van der Waals surface area contributed by atoms with Crippen LogP contribution in [0, 0.1) is 6.92 Å². The standard InChI is InChI=1S/C21H25N3O/c1-5-24(6-2)17-10-8-16(20(25)14-17)9-12-21-22-18-11-7-15(3)13-19(18)23(21)4/h7-14,25H,5-6H2,1-4H3/b12-9+. The van der Waals surface area contributed by atoms with Gasteiger partial charge in [0, 0.05) is 37.5 Å². The third kappa shape index (κ3) is 3.38. The third-order valence-corrected chi connectivity index (χ3v) is 4.63. The van der Waals surface area contributed by atoms with E-state index in [0.717, 1.165) is 41.2 Å². The van der Waals surface area contributed by atoms with Crippen LogP contribution in [-0.2, 0) is 7.05 Å². The molecule has 0 fully saturated rings. The molecule has 3 rings (SSSR count). The van der Waals surface area contributed by atoms with Gasteiger partial charge < -0.3 is 14.6 Å². The van der Waals surface area contributed by atoms with E-state index in [2.05, 4.69) is 47.4 Å². The predicted octanol–water partition coefficient (Wildman–Crippen LogP) is 4.60. The number of rotatable bonds is 5. The number of phenols is 1. The van der Waals surface area contributed by atoms with Crippen LogP contribution in [0.3, 0.4) is 0 Å². The monoisotopic (exact) mass is 335 g/mol. The van der Waals surface area contributed by atoms with Crippen molar-refractivity contribution < 1.29 is 5.11 Å². The van der Waals surface area contributed by atoms with E-state index in [4.69, 9.17) is 0 Å². The van der Waals surface area contributed by atoms with Crippen LogP contribution in [-0.4, -0.2) is 27.7 Å². The van der Waals surface area contributed by atoms with Gasteiger partial charge in [-0.15, -0.1) is 0 Å². The molecule has 1 heterocycles. The van der Waals surface area contributed by atoms with Crippen molar-refractivity contribution >= 4 is 28.9 Å². The van der Waals surface area contributed by atoms with Crippen LogP contribution >= 0.6 is 0 Å². The maximum Gasteiger partial charge on any atom is 0.133 e. The van der Waals surface area contributed by atoms with Crippen molar-refractivity contribution in [2.24, 2.45) is 7.05 Å². The molecule has 2 aromatic carbocycles. The molecule has 3 aromatic rings. The zero-order chi connectivity index (χ0) is 18.0. The minimum atomic E-state index is 0.287. The van der Waals surface area contributed by atoms with E-state index in [1.54, 1.807) is 0 Å². The lowest BCUT2D eigenvalue weighted by Crippen LogP contribution is -2.21. The topological polar surface area (TPSA) is 41.3 Å². The summed E-state index contributed by atoms with van der Waals surface area (Å²) in [5, 5.41) is 10.3. The summed E-state index contributed by atoms with van der Waals surface area (Å²) in [7, 11) is 2.01. The molecule has 0 saturated heterocycles. The van der Waals surface area contributed by atoms with Crippen LogP contribution in [0.15, 0.2) is 36.4 Å². The molecule has 0 atom stereocenters. The molecule has 0 saturated carbocycles. The number of imidazole rings is 1. The Morgan fingerprint density at radius 3 is 2.52 bits per heavy atom. The first-order valence-corrected chi connectivity index (χ1v) is 8.72. The van der Waals surface area contributed by atoms with Crippen LogP contribution < -0.4 is 4.90 Å². The van der Waals surface area contributed by atoms with E-state index in [1.165, 1.54) is 5.56 Å². The maximum atomic E-state index is 10.3. The van der Waals surface area contributed by atoms with E-state index in [1.807, 2.05) is 43.5 Å². The van der Waals surface area contributed by atoms with Gasteiger partial charge in [-0.3, -0.25) is 0 Å². The summed E-state index contributed by atoms with van der Waals surface area (Å²) in [6, 6.07) is 12.1. The number of fused-ring (bicyclic) bond motifs is 1. The van der Waals surface area contributed by atoms with Crippen LogP contribution in [0.2, 0.25) is 0 Å². The Morgan fingerprint density at radius 2 is 1.84 bits per heavy atom. The zero-order valence-electron chi connectivity index (χ0n) is 15.3. The zero-order valence-corrected chi connectivity index (χ0v) is 15.3. The average molecular weight is 335 g/mol. The summed E-state index contributed by atoms with van der Waals surface area (Å²) in [4.78, 5) is 6.87. The van der Waals surface area contributed by atoms with Crippen LogP contribution in [0.4, 0.5) is 5.69 Å². The van der Waals surface area contributed by atoms with Crippen molar-refractivity contribution in [3.63, 3.8) is 0 Å². The van der Waals surface area contributed by atoms with Crippen molar-refractivity contribution in [1.82, 2.24) is 9.55 Å². The molecule has 0 spiro atoms. The molecular weight excluding hydrogens is 310 g/mol. The molecule has 0 radical (unpaired) electrons. The number of aromatic hydroxyl groups is 1. The maximum absolute atomic E-state index is 10.3. The summed E-state index contributed by atoms with van der Waals surface area (Å²) in [5.74, 6) is 1.16. The van der Waals surface area contributed by atoms with Crippen molar-refractivity contribution in [3.8, 4) is 5.75 Å². The summed E-state index contributed by atoms with van der Waals surface area (Å²) in [6.45, 7) is 8.15. The van der Waals surface area contributed by atoms with Gasteiger partial charge >= 0.3 is 0 Å². The van der Waals surface area contributed by atoms with Crippen LogP contribution in [0.25, 0.3) is 23.2 Å². The first-order valence-electron chi connectivity index (χ1n) is 8.72. The molecular formula is C21H25N3O. The van der Waals surface area contributed by atoms with Crippen molar-refractivity contribution in [3.05, 3.63) is 53.3 Å². The van der Waals surface area contributed by atoms with E-state index in [0.29, 0.717) is 0 Å². The fraction of sp³-hybridized carbons (Fsp3) is 0.286. The second-order valence-electron chi connectivity index (χ2n) is 6.27. The molecule has 25 heavy (non-hydrogen) atoms. The van der Waals surface area contributed by atoms with Gasteiger partial charge in [-0.05, 0) is 62.8 Å². The fourth-order valence-corrected chi connectivity index (χ4v) is 3.09. The van der Waals surface area contributed by atoms with Gasteiger partial charge in [0.2, 0.25) is 0 Å². The quantitative estimate of drug-likeness (QED) is 0.740. The second-order valence-corrected chi connectivity index (χ2v) is 6.27. The molecule has 0 bridgehead atoms. The summed E-state index contributed by atoms with van der Waals surface area (Å²) < 4.78 is 2.07. The highest BCUT2D eigenvalue weighted by molar-refractivity contribution is 5.81. The molecule has 0 aliphatic rings. The second kappa shape index (κ2) is 7.01. The number of aryl methyl sites for hydroxylation is 2. The molecule has 1 aromatic heterocycles. The molecule has 0 unspecified atom stereocenters. The highest BCUT2D eigenvalue weighted by Gasteiger charge is 2.07. The van der Waals surface area contributed by atoms with Gasteiger partial charge in [-0.25, -0.2) is 4.98 Å². The summed E-state index contributed by atoms with van der Waals surface area (Å²) >= 11 is 0. The highest BCUT2D eigenvalue weighted by Crippen LogP contribution is 2.26. The molecule has 0 aliphatic carbocycles. The highest BCUT2D eigenvalue weighted by atomic mass is 16.3. The Hall–Kier alpha value is -2.75. The van der Waals surface area contributed by atoms with Crippen molar-refractivity contribution in [2.75, 3.05) is 18.0 Å². The minimum absolute atomic E-state index is 0.287. The Morgan fingerprint density at radius 1 is 1.08 bits per heavy atom. The van der Waals surface area contributed by atoms with Crippen molar-refractivity contribution in [2.45, 2.75) is 20.8 Å². The number of benzene rings is 2. The molecule has 0 aliphatic heterocycles. The first-order chi connectivity index (χ1) is 12.0. The summed E-state index contributed by atoms with van der Waals surface area (Å²) in [6.07, 6.45) is 3.86. The van der Waals surface area contributed by atoms with E-state index >= 15 is 0 Å². The van der Waals surface area contributed by atoms with Gasteiger partial charge in [-0.2, -0.15) is 0 Å². The number of phenolic OH excluding ortho intramolecular Hbond substituents is 1. The molecule has 4 nitrogen and oxygen atoms in total. The largest absolute Gasteiger partial charge is 0.507 e. The van der Waals surface area contributed by atoms with Crippen LogP contribution in [0.1, 0.15) is 30.8 Å². The lowest BCUT2D eigenvalue weighted by Gasteiger charge is -2.21. The van der Waals surface area contributed by atoms with Gasteiger partial charge in [0.15, 0.2) is 0 Å². The Bertz CT molecular complexity index is 920. The molecule has 1 N–H and O–H groups in total. The number of hydrogen-bond donors (Lipinski definition) is 1. The Kier molecular flexibility index (Phi) is 4.79. The molecule has 4 heteroatoms. The SMILES string of the molecule is CCN(CC)c1ccc(/C=C/c2nc3ccc(C)cc3n2C)c(O)c1. The number of anilines is 1. The van der Waals surface area contributed by atoms with Gasteiger partial charge in [-0.1, -0.05) is 6.07 Å². The first kappa shape index (κ1) is 17.1. The van der Waals surface area contributed by atoms with Gasteiger partial charge in [0.05, 0.1) is 11.0 Å². The van der Waals surface area contributed by atoms with E-state index in [-0.39, 0.29) is 5.75 Å². The molecule has 130 valence electrons. The summed E-state index contributed by atoms with van der Waals surface area (Å²) in [5.41, 5.74) is 5.14. The lowest BCUT2D eigenvalue weighted by molar-refractivity contribution is 0.474. The van der Waals surface area contributed by atoms with Gasteiger partial charge in [0.25, 0.3) is 0 Å². The Balaban J connectivity index is 1.91. The van der Waals surface area contributed by atoms with Gasteiger partial charge in [0.1, 0.15) is 11.6 Å². The van der Waals surface area contributed by atoms with Crippen molar-refractivity contribution in [1.29, 1.82) is 0 Å². The normalized spacial score (nSPS) is 11.5. The average Bonchev–Trinajstić information content (AvgIpc) is 2.91. The minimum Gasteiger partial charge on any atom is -0.507 e. The van der Waals surface area contributed by atoms with E-state index < -0.39 is 0 Å². The predicted molar refractivity (Wildman–Crippen MR) is 106 cm³/mol. The van der Waals surface area contributed by atoms with E-state index in [9.17, 15) is 5.11 Å².